The van der Waals surface area contributed by atoms with Crippen LogP contribution in [0.1, 0.15) is 11.1 Å². The molecule has 0 radical (unpaired) electrons. The number of rotatable bonds is 6. The maximum Gasteiger partial charge on any atom is 0.307 e. The molecule has 1 fully saturated rings. The van der Waals surface area contributed by atoms with E-state index in [9.17, 15) is 27.1 Å². The summed E-state index contributed by atoms with van der Waals surface area (Å²) in [5.74, 6) is -2.30. The van der Waals surface area contributed by atoms with E-state index in [0.717, 1.165) is 17.8 Å². The molecule has 1 aromatic carbocycles. The number of morpholine rings is 1. The smallest absolute Gasteiger partial charge is 0.307 e. The Hall–Kier alpha value is -2.47. The zero-order valence-corrected chi connectivity index (χ0v) is 18.7. The lowest BCUT2D eigenvalue weighted by Gasteiger charge is -2.26. The van der Waals surface area contributed by atoms with Crippen LogP contribution >= 0.6 is 11.8 Å². The standard InChI is InChI=1S/C21H20F2N2O5S2/c1-13-16(11-20(26)27)18-4-2-14(22)12-25(18)21(13)31-19-5-3-15(10-17(19)23)32(28,29)24-6-8-30-9-7-24/h2-5,10,12H,6-9,11H2,1H3,(H,26,27). The van der Waals surface area contributed by atoms with Crippen LogP contribution in [-0.2, 0) is 26.0 Å². The Morgan fingerprint density at radius 2 is 1.91 bits per heavy atom. The number of nitrogens with zero attached hydrogens (tertiary/aromatic N) is 2. The maximum atomic E-state index is 15.0. The van der Waals surface area contributed by atoms with Gasteiger partial charge in [-0.2, -0.15) is 4.31 Å². The van der Waals surface area contributed by atoms with Crippen LogP contribution in [0.25, 0.3) is 5.52 Å². The second-order valence-electron chi connectivity index (χ2n) is 7.29. The summed E-state index contributed by atoms with van der Waals surface area (Å²) in [7, 11) is -3.85. The van der Waals surface area contributed by atoms with Gasteiger partial charge >= 0.3 is 5.97 Å². The van der Waals surface area contributed by atoms with Crippen molar-refractivity contribution < 1.29 is 31.8 Å². The van der Waals surface area contributed by atoms with Gasteiger partial charge in [-0.15, -0.1) is 0 Å². The van der Waals surface area contributed by atoms with E-state index in [1.54, 1.807) is 6.92 Å². The van der Waals surface area contributed by atoms with Gasteiger partial charge in [0.2, 0.25) is 10.0 Å². The third-order valence-electron chi connectivity index (χ3n) is 5.26. The normalized spacial score (nSPS) is 15.3. The first-order chi connectivity index (χ1) is 15.2. The highest BCUT2D eigenvalue weighted by Gasteiger charge is 2.27. The predicted octanol–water partition coefficient (Wildman–Crippen LogP) is 3.33. The number of hydrogen-bond donors (Lipinski definition) is 1. The van der Waals surface area contributed by atoms with E-state index < -0.39 is 27.6 Å². The van der Waals surface area contributed by atoms with Gasteiger partial charge in [0, 0.05) is 24.2 Å². The lowest BCUT2D eigenvalue weighted by atomic mass is 10.1. The Kier molecular flexibility index (Phi) is 6.26. The Labute approximate surface area is 187 Å². The topological polar surface area (TPSA) is 88.3 Å². The van der Waals surface area contributed by atoms with Gasteiger partial charge in [-0.05, 0) is 48.4 Å². The van der Waals surface area contributed by atoms with Crippen molar-refractivity contribution in [3.63, 3.8) is 0 Å². The predicted molar refractivity (Wildman–Crippen MR) is 114 cm³/mol. The Bertz CT molecular complexity index is 1300. The van der Waals surface area contributed by atoms with Crippen molar-refractivity contribution in [1.29, 1.82) is 0 Å². The lowest BCUT2D eigenvalue weighted by molar-refractivity contribution is -0.136. The molecule has 3 aromatic rings. The summed E-state index contributed by atoms with van der Waals surface area (Å²) in [5, 5.41) is 9.70. The minimum atomic E-state index is -3.85. The van der Waals surface area contributed by atoms with Gasteiger partial charge in [-0.3, -0.25) is 4.79 Å². The molecule has 4 rings (SSSR count). The molecule has 170 valence electrons. The molecule has 1 saturated heterocycles. The summed E-state index contributed by atoms with van der Waals surface area (Å²) in [5.41, 5.74) is 1.61. The van der Waals surface area contributed by atoms with Crippen LogP contribution < -0.4 is 0 Å². The number of carboxylic acids is 1. The van der Waals surface area contributed by atoms with E-state index in [1.165, 1.54) is 39.2 Å². The second kappa shape index (κ2) is 8.81. The molecule has 2 aromatic heterocycles. The Morgan fingerprint density at radius 1 is 1.19 bits per heavy atom. The number of benzene rings is 1. The molecular weight excluding hydrogens is 462 g/mol. The number of fused-ring (bicyclic) bond motifs is 1. The van der Waals surface area contributed by atoms with Gasteiger partial charge in [-0.1, -0.05) is 11.8 Å². The average Bonchev–Trinajstić information content (AvgIpc) is 3.00. The van der Waals surface area contributed by atoms with Gasteiger partial charge in [0.25, 0.3) is 0 Å². The molecule has 0 atom stereocenters. The summed E-state index contributed by atoms with van der Waals surface area (Å²) in [6.07, 6.45) is 0.950. The van der Waals surface area contributed by atoms with Gasteiger partial charge < -0.3 is 14.2 Å². The monoisotopic (exact) mass is 482 g/mol. The second-order valence-corrected chi connectivity index (χ2v) is 10.3. The minimum absolute atomic E-state index is 0.138. The Balaban J connectivity index is 1.71. The first-order valence-corrected chi connectivity index (χ1v) is 12.0. The quantitative estimate of drug-likeness (QED) is 0.580. The molecule has 1 aliphatic rings. The zero-order chi connectivity index (χ0) is 23.0. The van der Waals surface area contributed by atoms with Crippen LogP contribution in [0.5, 0.6) is 0 Å². The van der Waals surface area contributed by atoms with Crippen molar-refractivity contribution in [2.24, 2.45) is 0 Å². The first kappa shape index (κ1) is 22.7. The molecule has 7 nitrogen and oxygen atoms in total. The maximum absolute atomic E-state index is 15.0. The van der Waals surface area contributed by atoms with Crippen molar-refractivity contribution in [2.45, 2.75) is 28.2 Å². The molecule has 1 aliphatic heterocycles. The van der Waals surface area contributed by atoms with E-state index in [4.69, 9.17) is 4.74 Å². The number of hydrogen-bond acceptors (Lipinski definition) is 5. The highest BCUT2D eigenvalue weighted by Crippen LogP contribution is 2.37. The number of ether oxygens (including phenoxy) is 1. The zero-order valence-electron chi connectivity index (χ0n) is 17.0. The van der Waals surface area contributed by atoms with E-state index in [2.05, 4.69) is 0 Å². The number of carbonyl (C=O) groups is 1. The molecule has 32 heavy (non-hydrogen) atoms. The van der Waals surface area contributed by atoms with E-state index in [1.807, 2.05) is 0 Å². The number of pyridine rings is 1. The summed E-state index contributed by atoms with van der Waals surface area (Å²) >= 11 is 0.982. The fourth-order valence-electron chi connectivity index (χ4n) is 3.66. The highest BCUT2D eigenvalue weighted by molar-refractivity contribution is 7.99. The van der Waals surface area contributed by atoms with Gasteiger partial charge in [0.15, 0.2) is 0 Å². The van der Waals surface area contributed by atoms with E-state index in [-0.39, 0.29) is 42.5 Å². The SMILES string of the molecule is Cc1c(CC(=O)O)c2ccc(F)cn2c1Sc1ccc(S(=O)(=O)N2CCOCC2)cc1F. The van der Waals surface area contributed by atoms with Crippen molar-refractivity contribution in [2.75, 3.05) is 26.3 Å². The summed E-state index contributed by atoms with van der Waals surface area (Å²) in [6, 6.07) is 6.39. The number of aromatic nitrogens is 1. The van der Waals surface area contributed by atoms with Crippen LogP contribution in [0.2, 0.25) is 0 Å². The number of aliphatic carboxylic acids is 1. The van der Waals surface area contributed by atoms with Crippen LogP contribution in [-0.4, -0.2) is 54.5 Å². The summed E-state index contributed by atoms with van der Waals surface area (Å²) < 4.78 is 62.3. The Morgan fingerprint density at radius 3 is 2.56 bits per heavy atom. The molecule has 1 N–H and O–H groups in total. The molecular formula is C21H20F2N2O5S2. The fourth-order valence-corrected chi connectivity index (χ4v) is 6.10. The van der Waals surface area contributed by atoms with Crippen molar-refractivity contribution in [3.8, 4) is 0 Å². The van der Waals surface area contributed by atoms with E-state index in [0.29, 0.717) is 21.7 Å². The molecule has 0 unspecified atom stereocenters. The number of sulfonamides is 1. The largest absolute Gasteiger partial charge is 0.481 e. The highest BCUT2D eigenvalue weighted by atomic mass is 32.2. The summed E-state index contributed by atoms with van der Waals surface area (Å²) in [4.78, 5) is 11.3. The van der Waals surface area contributed by atoms with Crippen LogP contribution in [0.4, 0.5) is 8.78 Å². The molecule has 0 saturated carbocycles. The van der Waals surface area contributed by atoms with Crippen molar-refractivity contribution in [3.05, 3.63) is 59.3 Å². The third-order valence-corrected chi connectivity index (χ3v) is 8.40. The molecule has 0 bridgehead atoms. The number of carboxylic acid groups (broad SMARTS) is 1. The molecule has 11 heteroatoms. The van der Waals surface area contributed by atoms with Crippen molar-refractivity contribution >= 4 is 33.3 Å². The minimum Gasteiger partial charge on any atom is -0.481 e. The van der Waals surface area contributed by atoms with Crippen LogP contribution in [0.15, 0.2) is 51.3 Å². The van der Waals surface area contributed by atoms with Crippen molar-refractivity contribution in [1.82, 2.24) is 8.71 Å². The fraction of sp³-hybridized carbons (Fsp3) is 0.286. The van der Waals surface area contributed by atoms with Gasteiger partial charge in [0.1, 0.15) is 11.6 Å². The molecule has 3 heterocycles. The first-order valence-electron chi connectivity index (χ1n) is 9.74. The van der Waals surface area contributed by atoms with Crippen LogP contribution in [0, 0.1) is 18.6 Å². The number of halogens is 2. The third kappa shape index (κ3) is 4.25. The van der Waals surface area contributed by atoms with Gasteiger partial charge in [0.05, 0.1) is 35.1 Å². The van der Waals surface area contributed by atoms with E-state index >= 15 is 0 Å². The summed E-state index contributed by atoms with van der Waals surface area (Å²) in [6.45, 7) is 2.67. The average molecular weight is 483 g/mol. The molecule has 0 amide bonds. The van der Waals surface area contributed by atoms with Crippen LogP contribution in [0.3, 0.4) is 0 Å². The molecule has 0 spiro atoms. The van der Waals surface area contributed by atoms with Gasteiger partial charge in [-0.25, -0.2) is 17.2 Å². The lowest BCUT2D eigenvalue weighted by Crippen LogP contribution is -2.40. The molecule has 0 aliphatic carbocycles.